The summed E-state index contributed by atoms with van der Waals surface area (Å²) in [7, 11) is 0. The molecule has 0 bridgehead atoms. The third-order valence-corrected chi connectivity index (χ3v) is 6.39. The average molecular weight is 475 g/mol. The predicted molar refractivity (Wildman–Crippen MR) is 137 cm³/mol. The Kier molecular flexibility index (Phi) is 6.58. The van der Waals surface area contributed by atoms with Crippen LogP contribution in [0.4, 0.5) is 5.82 Å². The second kappa shape index (κ2) is 9.92. The molecule has 2 heterocycles. The van der Waals surface area contributed by atoms with Crippen LogP contribution < -0.4 is 5.32 Å². The van der Waals surface area contributed by atoms with Gasteiger partial charge in [-0.2, -0.15) is 0 Å². The smallest absolute Gasteiger partial charge is 0.145 e. The zero-order valence-electron chi connectivity index (χ0n) is 18.1. The normalized spacial score (nSPS) is 16.1. The summed E-state index contributed by atoms with van der Waals surface area (Å²) in [6.07, 6.45) is 2.90. The minimum Gasteiger partial charge on any atom is -0.365 e. The van der Waals surface area contributed by atoms with Gasteiger partial charge < -0.3 is 5.32 Å². The molecule has 1 fully saturated rings. The van der Waals surface area contributed by atoms with Crippen molar-refractivity contribution in [1.82, 2.24) is 14.9 Å². The van der Waals surface area contributed by atoms with E-state index in [1.165, 1.54) is 5.56 Å². The van der Waals surface area contributed by atoms with Gasteiger partial charge in [0.1, 0.15) is 5.82 Å². The number of likely N-dealkylation sites (tertiary alicyclic amines) is 1. The monoisotopic (exact) mass is 474 g/mol. The molecule has 1 aromatic heterocycles. The zero-order chi connectivity index (χ0) is 22.6. The molecule has 4 nitrogen and oxygen atoms in total. The fourth-order valence-corrected chi connectivity index (χ4v) is 4.48. The quantitative estimate of drug-likeness (QED) is 0.333. The third-order valence-electron chi connectivity index (χ3n) is 5.88. The summed E-state index contributed by atoms with van der Waals surface area (Å²) in [5.41, 5.74) is 4.92. The fraction of sp³-hybridized carbons (Fsp3) is 0.185. The van der Waals surface area contributed by atoms with Crippen molar-refractivity contribution in [3.05, 3.63) is 101 Å². The Hall–Kier alpha value is -2.92. The number of rotatable bonds is 6. The van der Waals surface area contributed by atoms with Gasteiger partial charge in [-0.1, -0.05) is 77.8 Å². The first kappa shape index (κ1) is 21.9. The molecule has 1 saturated heterocycles. The average Bonchev–Trinajstić information content (AvgIpc) is 3.27. The summed E-state index contributed by atoms with van der Waals surface area (Å²) in [6.45, 7) is 3.01. The van der Waals surface area contributed by atoms with Crippen LogP contribution in [0, 0.1) is 0 Å². The zero-order valence-corrected chi connectivity index (χ0v) is 19.6. The standard InChI is InChI=1S/C27H24Cl2N4/c28-22-10-6-20(7-11-22)26-27(21-8-12-23(29)13-9-21)32-25(16-30-26)31-24-14-15-33(18-24)17-19-4-2-1-3-5-19/h1-13,16,24H,14-15,17-18H2,(H,31,32)/t24-/m1/s1. The highest BCUT2D eigenvalue weighted by atomic mass is 35.5. The molecular formula is C27H24Cl2N4. The maximum atomic E-state index is 6.12. The molecule has 1 aliphatic rings. The van der Waals surface area contributed by atoms with Crippen LogP contribution in [0.2, 0.25) is 10.0 Å². The molecular weight excluding hydrogens is 451 g/mol. The van der Waals surface area contributed by atoms with Crippen molar-refractivity contribution >= 4 is 29.0 Å². The second-order valence-electron chi connectivity index (χ2n) is 8.32. The van der Waals surface area contributed by atoms with E-state index in [1.807, 2.05) is 54.7 Å². The molecule has 3 aromatic carbocycles. The van der Waals surface area contributed by atoms with E-state index in [4.69, 9.17) is 33.2 Å². The molecule has 0 aliphatic carbocycles. The molecule has 6 heteroatoms. The highest BCUT2D eigenvalue weighted by Crippen LogP contribution is 2.31. The molecule has 0 amide bonds. The van der Waals surface area contributed by atoms with Gasteiger partial charge in [-0.25, -0.2) is 4.98 Å². The molecule has 1 atom stereocenters. The Morgan fingerprint density at radius 1 is 0.818 bits per heavy atom. The topological polar surface area (TPSA) is 41.1 Å². The maximum Gasteiger partial charge on any atom is 0.145 e. The number of nitrogens with one attached hydrogen (secondary N) is 1. The fourth-order valence-electron chi connectivity index (χ4n) is 4.23. The minimum atomic E-state index is 0.336. The van der Waals surface area contributed by atoms with E-state index < -0.39 is 0 Å². The third kappa shape index (κ3) is 5.36. The lowest BCUT2D eigenvalue weighted by Crippen LogP contribution is -2.26. The lowest BCUT2D eigenvalue weighted by Gasteiger charge is -2.18. The summed E-state index contributed by atoms with van der Waals surface area (Å²) in [4.78, 5) is 12.2. The lowest BCUT2D eigenvalue weighted by atomic mass is 10.0. The van der Waals surface area contributed by atoms with Gasteiger partial charge in [0.15, 0.2) is 0 Å². The van der Waals surface area contributed by atoms with Crippen molar-refractivity contribution in [1.29, 1.82) is 0 Å². The molecule has 0 saturated carbocycles. The first-order valence-electron chi connectivity index (χ1n) is 11.1. The van der Waals surface area contributed by atoms with Crippen molar-refractivity contribution in [2.45, 2.75) is 19.0 Å². The van der Waals surface area contributed by atoms with Crippen LogP contribution in [0.15, 0.2) is 85.1 Å². The first-order valence-corrected chi connectivity index (χ1v) is 11.8. The van der Waals surface area contributed by atoms with E-state index in [1.54, 1.807) is 0 Å². The Morgan fingerprint density at radius 3 is 2.12 bits per heavy atom. The van der Waals surface area contributed by atoms with Crippen LogP contribution in [0.3, 0.4) is 0 Å². The van der Waals surface area contributed by atoms with Crippen LogP contribution in [-0.4, -0.2) is 34.0 Å². The molecule has 166 valence electrons. The largest absolute Gasteiger partial charge is 0.365 e. The van der Waals surface area contributed by atoms with Crippen LogP contribution in [0.25, 0.3) is 22.5 Å². The SMILES string of the molecule is Clc1ccc(-c2ncc(N[C@@H]3CCN(Cc4ccccc4)C3)nc2-c2ccc(Cl)cc2)cc1. The van der Waals surface area contributed by atoms with Crippen molar-refractivity contribution in [2.24, 2.45) is 0 Å². The Bertz CT molecular complexity index is 1210. The minimum absolute atomic E-state index is 0.336. The second-order valence-corrected chi connectivity index (χ2v) is 9.19. The Labute approximate surface area is 204 Å². The number of aromatic nitrogens is 2. The predicted octanol–water partition coefficient (Wildman–Crippen LogP) is 6.80. The van der Waals surface area contributed by atoms with Gasteiger partial charge in [-0.05, 0) is 36.2 Å². The number of halogens is 2. The van der Waals surface area contributed by atoms with Gasteiger partial charge in [0.25, 0.3) is 0 Å². The van der Waals surface area contributed by atoms with Gasteiger partial charge in [0, 0.05) is 46.8 Å². The highest BCUT2D eigenvalue weighted by molar-refractivity contribution is 6.31. The molecule has 33 heavy (non-hydrogen) atoms. The molecule has 0 radical (unpaired) electrons. The Balaban J connectivity index is 1.38. The summed E-state index contributed by atoms with van der Waals surface area (Å²) in [5.74, 6) is 0.782. The van der Waals surface area contributed by atoms with E-state index >= 15 is 0 Å². The first-order chi connectivity index (χ1) is 16.1. The number of benzene rings is 3. The molecule has 0 spiro atoms. The van der Waals surface area contributed by atoms with E-state index in [0.29, 0.717) is 16.1 Å². The summed E-state index contributed by atoms with van der Waals surface area (Å²) < 4.78 is 0. The number of hydrogen-bond acceptors (Lipinski definition) is 4. The summed E-state index contributed by atoms with van der Waals surface area (Å²) >= 11 is 12.2. The van der Waals surface area contributed by atoms with Gasteiger partial charge in [-0.3, -0.25) is 9.88 Å². The van der Waals surface area contributed by atoms with Crippen molar-refractivity contribution < 1.29 is 0 Å². The number of hydrogen-bond donors (Lipinski definition) is 1. The van der Waals surface area contributed by atoms with Gasteiger partial charge in [0.2, 0.25) is 0 Å². The van der Waals surface area contributed by atoms with Crippen LogP contribution in [-0.2, 0) is 6.54 Å². The van der Waals surface area contributed by atoms with Crippen LogP contribution >= 0.6 is 23.2 Å². The van der Waals surface area contributed by atoms with Crippen LogP contribution in [0.1, 0.15) is 12.0 Å². The molecule has 1 N–H and O–H groups in total. The highest BCUT2D eigenvalue weighted by Gasteiger charge is 2.23. The maximum absolute atomic E-state index is 6.12. The van der Waals surface area contributed by atoms with Gasteiger partial charge in [0.05, 0.1) is 17.6 Å². The van der Waals surface area contributed by atoms with E-state index in [9.17, 15) is 0 Å². The van der Waals surface area contributed by atoms with Gasteiger partial charge in [-0.15, -0.1) is 0 Å². The molecule has 4 aromatic rings. The van der Waals surface area contributed by atoms with Crippen molar-refractivity contribution in [2.75, 3.05) is 18.4 Å². The number of nitrogens with zero attached hydrogens (tertiary/aromatic N) is 3. The number of anilines is 1. The van der Waals surface area contributed by atoms with Crippen LogP contribution in [0.5, 0.6) is 0 Å². The van der Waals surface area contributed by atoms with E-state index in [0.717, 1.165) is 54.4 Å². The van der Waals surface area contributed by atoms with Crippen molar-refractivity contribution in [3.63, 3.8) is 0 Å². The Morgan fingerprint density at radius 2 is 1.45 bits per heavy atom. The lowest BCUT2D eigenvalue weighted by molar-refractivity contribution is 0.328. The molecule has 1 aliphatic heterocycles. The van der Waals surface area contributed by atoms with E-state index in [2.05, 4.69) is 40.5 Å². The summed E-state index contributed by atoms with van der Waals surface area (Å²) in [5, 5.41) is 4.99. The van der Waals surface area contributed by atoms with E-state index in [-0.39, 0.29) is 0 Å². The molecule has 0 unspecified atom stereocenters. The van der Waals surface area contributed by atoms with Crippen molar-refractivity contribution in [3.8, 4) is 22.5 Å². The summed E-state index contributed by atoms with van der Waals surface area (Å²) in [6, 6.07) is 26.3. The van der Waals surface area contributed by atoms with Gasteiger partial charge >= 0.3 is 0 Å². The molecule has 5 rings (SSSR count).